The van der Waals surface area contributed by atoms with Crippen molar-refractivity contribution in [3.05, 3.63) is 242 Å². The number of hydrogen-bond donors (Lipinski definition) is 0. The molecule has 9 aromatic carbocycles. The Morgan fingerprint density at radius 3 is 1.25 bits per heavy atom. The predicted molar refractivity (Wildman–Crippen MR) is 269 cm³/mol. The van der Waals surface area contributed by atoms with Crippen molar-refractivity contribution < 1.29 is 0 Å². The quantitative estimate of drug-likeness (QED) is 0.136. The number of aryl methyl sites for hydroxylation is 2. The number of nitrogens with zero attached hydrogens (tertiary/aromatic N) is 4. The summed E-state index contributed by atoms with van der Waals surface area (Å²) >= 11 is -3.83. The second-order valence-electron chi connectivity index (χ2n) is 16.5. The van der Waals surface area contributed by atoms with Crippen molar-refractivity contribution in [3.8, 4) is 51.0 Å². The third-order valence-corrected chi connectivity index (χ3v) is 22.7. The normalized spacial score (nSPS) is 11.6. The molecule has 0 saturated carbocycles. The van der Waals surface area contributed by atoms with E-state index in [1.54, 1.807) is 0 Å². The number of rotatable bonds is 9. The SMILES string of the molecule is Cc1ccc2c(c1)c1cc(C)ccc1n2-c1cccc(-c2cccc[c]2[Ge]([c]2ccccc2)([c]2ccccc2)[c]2ccccc2)c1-c1nc(-c2ccccc2)nc(-c2ccccc2)n1. The van der Waals surface area contributed by atoms with Crippen LogP contribution in [0.1, 0.15) is 11.1 Å². The Kier molecular flexibility index (Phi) is 10.1. The summed E-state index contributed by atoms with van der Waals surface area (Å²) in [4.78, 5) is 16.2. The fourth-order valence-electron chi connectivity index (χ4n) is 9.69. The summed E-state index contributed by atoms with van der Waals surface area (Å²) in [6, 6.07) is 83.7. The second kappa shape index (κ2) is 16.6. The molecular weight excluding hydrogens is 837 g/mol. The molecule has 0 N–H and O–H groups in total. The summed E-state index contributed by atoms with van der Waals surface area (Å²) in [6.45, 7) is 4.35. The van der Waals surface area contributed by atoms with Crippen molar-refractivity contribution in [2.24, 2.45) is 0 Å². The molecule has 0 unspecified atom stereocenters. The molecule has 0 saturated heterocycles. The van der Waals surface area contributed by atoms with Gasteiger partial charge in [-0.1, -0.05) is 0 Å². The summed E-state index contributed by atoms with van der Waals surface area (Å²) in [5, 5.41) is 2.43. The number of benzene rings is 9. The molecule has 64 heavy (non-hydrogen) atoms. The van der Waals surface area contributed by atoms with Gasteiger partial charge in [-0.2, -0.15) is 0 Å². The molecule has 11 rings (SSSR count). The zero-order chi connectivity index (χ0) is 43.0. The zero-order valence-electron chi connectivity index (χ0n) is 35.7. The van der Waals surface area contributed by atoms with Crippen LogP contribution >= 0.6 is 0 Å². The van der Waals surface area contributed by atoms with Crippen molar-refractivity contribution in [1.29, 1.82) is 0 Å². The van der Waals surface area contributed by atoms with Crippen LogP contribution in [0.25, 0.3) is 72.8 Å². The van der Waals surface area contributed by atoms with Gasteiger partial charge in [0.15, 0.2) is 0 Å². The fraction of sp³-hybridized carbons (Fsp3) is 0.0339. The van der Waals surface area contributed by atoms with Gasteiger partial charge in [0, 0.05) is 0 Å². The van der Waals surface area contributed by atoms with Gasteiger partial charge >= 0.3 is 379 Å². The average Bonchev–Trinajstić information content (AvgIpc) is 3.67. The van der Waals surface area contributed by atoms with E-state index in [0.717, 1.165) is 44.5 Å². The average molecular weight is 882 g/mol. The molecule has 0 aliphatic carbocycles. The Bertz CT molecular complexity index is 3230. The van der Waals surface area contributed by atoms with Crippen LogP contribution in [-0.2, 0) is 0 Å². The van der Waals surface area contributed by atoms with Crippen LogP contribution in [0.4, 0.5) is 0 Å². The van der Waals surface area contributed by atoms with E-state index in [9.17, 15) is 0 Å². The Balaban J connectivity index is 1.30. The number of fused-ring (bicyclic) bond motifs is 3. The number of aromatic nitrogens is 4. The molecule has 0 atom stereocenters. The van der Waals surface area contributed by atoms with Crippen molar-refractivity contribution in [2.45, 2.75) is 13.8 Å². The van der Waals surface area contributed by atoms with Crippen LogP contribution < -0.4 is 17.6 Å². The van der Waals surface area contributed by atoms with E-state index in [0.29, 0.717) is 17.5 Å². The molecular formula is C59H44GeN4. The first-order valence-electron chi connectivity index (χ1n) is 21.9. The van der Waals surface area contributed by atoms with E-state index < -0.39 is 13.3 Å². The predicted octanol–water partition coefficient (Wildman–Crippen LogP) is 11.6. The van der Waals surface area contributed by atoms with Gasteiger partial charge in [0.1, 0.15) is 0 Å². The van der Waals surface area contributed by atoms with E-state index in [2.05, 4.69) is 213 Å². The molecule has 2 heterocycles. The molecule has 2 aromatic heterocycles. The van der Waals surface area contributed by atoms with Crippen LogP contribution in [0.3, 0.4) is 0 Å². The van der Waals surface area contributed by atoms with Crippen LogP contribution in [0.5, 0.6) is 0 Å². The third kappa shape index (κ3) is 6.75. The summed E-state index contributed by atoms with van der Waals surface area (Å²) in [7, 11) is 0. The van der Waals surface area contributed by atoms with Gasteiger partial charge in [-0.3, -0.25) is 0 Å². The van der Waals surface area contributed by atoms with E-state index >= 15 is 0 Å². The van der Waals surface area contributed by atoms with Crippen LogP contribution in [-0.4, -0.2) is 32.8 Å². The molecule has 0 radical (unpaired) electrons. The summed E-state index contributed by atoms with van der Waals surface area (Å²) in [6.07, 6.45) is 0. The Labute approximate surface area is 376 Å². The van der Waals surface area contributed by atoms with Gasteiger partial charge in [0.25, 0.3) is 0 Å². The van der Waals surface area contributed by atoms with Crippen molar-refractivity contribution >= 4 is 52.7 Å². The minimum absolute atomic E-state index is 0.611. The molecule has 0 aliphatic rings. The summed E-state index contributed by atoms with van der Waals surface area (Å²) < 4.78 is 7.83. The Morgan fingerprint density at radius 1 is 0.359 bits per heavy atom. The maximum atomic E-state index is 5.49. The molecule has 11 aromatic rings. The monoisotopic (exact) mass is 882 g/mol. The molecule has 0 spiro atoms. The first-order chi connectivity index (χ1) is 31.6. The fourth-order valence-corrected chi connectivity index (χ4v) is 20.1. The molecule has 0 amide bonds. The topological polar surface area (TPSA) is 43.6 Å². The van der Waals surface area contributed by atoms with Gasteiger partial charge in [-0.25, -0.2) is 0 Å². The zero-order valence-corrected chi connectivity index (χ0v) is 37.8. The molecule has 0 aliphatic heterocycles. The first-order valence-corrected chi connectivity index (χ1v) is 26.1. The molecule has 0 fully saturated rings. The van der Waals surface area contributed by atoms with Crippen LogP contribution in [0, 0.1) is 13.8 Å². The van der Waals surface area contributed by atoms with Gasteiger partial charge < -0.3 is 0 Å². The molecule has 4 nitrogen and oxygen atoms in total. The van der Waals surface area contributed by atoms with Gasteiger partial charge in [0.05, 0.1) is 0 Å². The maximum absolute atomic E-state index is 5.49. The summed E-state index contributed by atoms with van der Waals surface area (Å²) in [5.41, 5.74) is 10.7. The van der Waals surface area contributed by atoms with Crippen molar-refractivity contribution in [3.63, 3.8) is 0 Å². The van der Waals surface area contributed by atoms with Gasteiger partial charge in [-0.05, 0) is 0 Å². The van der Waals surface area contributed by atoms with E-state index in [1.165, 1.54) is 39.5 Å². The van der Waals surface area contributed by atoms with Crippen molar-refractivity contribution in [1.82, 2.24) is 19.5 Å². The third-order valence-electron chi connectivity index (χ3n) is 12.5. The first kappa shape index (κ1) is 39.2. The summed E-state index contributed by atoms with van der Waals surface area (Å²) in [5.74, 6) is 1.85. The van der Waals surface area contributed by atoms with Crippen LogP contribution in [0.15, 0.2) is 231 Å². The second-order valence-corrected chi connectivity index (χ2v) is 24.4. The minimum atomic E-state index is -3.83. The molecule has 0 bridgehead atoms. The molecule has 304 valence electrons. The van der Waals surface area contributed by atoms with Gasteiger partial charge in [0.2, 0.25) is 0 Å². The van der Waals surface area contributed by atoms with Crippen molar-refractivity contribution in [2.75, 3.05) is 0 Å². The Hall–Kier alpha value is -7.67. The molecule has 5 heteroatoms. The standard InChI is InChI=1S/C59H44GeN4/c1-41-35-37-53-50(39-41)51-40-42(2)36-38-54(51)64(53)55-34-20-32-49(56(55)59-62-57(43-21-8-3-9-22-43)61-58(63-59)44-23-10-4-11-24-44)48-31-18-19-33-52(48)60(45-25-12-5-13-26-45,46-27-14-6-15-28-46)47-29-16-7-17-30-47/h3-40H,1-2H3. The van der Waals surface area contributed by atoms with Gasteiger partial charge in [-0.15, -0.1) is 0 Å². The number of hydrogen-bond acceptors (Lipinski definition) is 3. The van der Waals surface area contributed by atoms with Crippen LogP contribution in [0.2, 0.25) is 0 Å². The Morgan fingerprint density at radius 2 is 0.766 bits per heavy atom. The van der Waals surface area contributed by atoms with E-state index in [-0.39, 0.29) is 0 Å². The van der Waals surface area contributed by atoms with E-state index in [4.69, 9.17) is 15.0 Å². The van der Waals surface area contributed by atoms with E-state index in [1.807, 2.05) is 36.4 Å².